The molecule has 0 aliphatic heterocycles. The van der Waals surface area contributed by atoms with Crippen LogP contribution in [-0.2, 0) is 4.12 Å². The van der Waals surface area contributed by atoms with Gasteiger partial charge in [0.05, 0.1) is 0 Å². The summed E-state index contributed by atoms with van der Waals surface area (Å²) in [6.45, 7) is 4.61. The smallest absolute Gasteiger partial charge is 0.197 e. The second-order valence-electron chi connectivity index (χ2n) is 5.56. The largest absolute Gasteiger partial charge is 0.460 e. The van der Waals surface area contributed by atoms with Gasteiger partial charge in [-0.3, -0.25) is 0 Å². The van der Waals surface area contributed by atoms with Crippen molar-refractivity contribution in [1.29, 1.82) is 0 Å². The summed E-state index contributed by atoms with van der Waals surface area (Å²) in [5.41, 5.74) is 1.02. The summed E-state index contributed by atoms with van der Waals surface area (Å²) in [7, 11) is -0.619. The van der Waals surface area contributed by atoms with Crippen LogP contribution in [0.1, 0.15) is 71.6 Å². The molecular weight excluding hydrogens is 240 g/mol. The van der Waals surface area contributed by atoms with Crippen molar-refractivity contribution in [3.63, 3.8) is 0 Å². The van der Waals surface area contributed by atoms with Gasteiger partial charge in [-0.05, 0) is 17.6 Å². The maximum absolute atomic E-state index is 6.40. The molecule has 0 saturated heterocycles. The van der Waals surface area contributed by atoms with E-state index in [1.807, 2.05) is 0 Å². The van der Waals surface area contributed by atoms with Crippen LogP contribution in [0.2, 0.25) is 17.6 Å². The van der Waals surface area contributed by atoms with Gasteiger partial charge in [-0.2, -0.15) is 0 Å². The van der Waals surface area contributed by atoms with Crippen molar-refractivity contribution in [3.05, 3.63) is 0 Å². The summed E-state index contributed by atoms with van der Waals surface area (Å²) in [6.07, 6.45) is 13.0. The van der Waals surface area contributed by atoms with Gasteiger partial charge in [0.2, 0.25) is 0 Å². The lowest BCUT2D eigenvalue weighted by molar-refractivity contribution is 0.474. The molecule has 1 aliphatic rings. The van der Waals surface area contributed by atoms with Crippen LogP contribution in [0.25, 0.3) is 0 Å². The topological polar surface area (TPSA) is 9.23 Å². The molecule has 1 nitrogen and oxygen atoms in total. The minimum absolute atomic E-state index is 0.215. The van der Waals surface area contributed by atoms with Crippen molar-refractivity contribution < 1.29 is 4.12 Å². The third kappa shape index (κ3) is 7.42. The van der Waals surface area contributed by atoms with Gasteiger partial charge in [0.15, 0.2) is 9.04 Å². The third-order valence-corrected chi connectivity index (χ3v) is 9.51. The maximum Gasteiger partial charge on any atom is 0.197 e. The molecule has 0 atom stereocenters. The fourth-order valence-electron chi connectivity index (χ4n) is 2.77. The highest BCUT2D eigenvalue weighted by Crippen LogP contribution is 2.26. The number of hydrogen-bond donors (Lipinski definition) is 0. The van der Waals surface area contributed by atoms with Crippen LogP contribution in [0.15, 0.2) is 0 Å². The van der Waals surface area contributed by atoms with Crippen LogP contribution in [0.5, 0.6) is 0 Å². The maximum atomic E-state index is 6.40. The van der Waals surface area contributed by atoms with Gasteiger partial charge in [0, 0.05) is 0 Å². The predicted molar refractivity (Wildman–Crippen MR) is 81.6 cm³/mol. The van der Waals surface area contributed by atoms with Gasteiger partial charge in [0.25, 0.3) is 0 Å². The molecule has 3 heteroatoms. The van der Waals surface area contributed by atoms with E-state index in [-0.39, 0.29) is 9.76 Å². The van der Waals surface area contributed by atoms with Crippen LogP contribution < -0.4 is 0 Å². The van der Waals surface area contributed by atoms with Crippen molar-refractivity contribution in [1.82, 2.24) is 0 Å². The quantitative estimate of drug-likeness (QED) is 0.622. The van der Waals surface area contributed by atoms with E-state index in [2.05, 4.69) is 13.8 Å². The summed E-state index contributed by atoms with van der Waals surface area (Å²) in [5.74, 6) is 0. The Morgan fingerprint density at radius 1 is 0.941 bits per heavy atom. The first-order valence-electron chi connectivity index (χ1n) is 7.84. The minimum Gasteiger partial charge on any atom is -0.460 e. The number of hydrogen-bond acceptors (Lipinski definition) is 1. The Labute approximate surface area is 112 Å². The molecule has 0 heterocycles. The molecule has 101 valence electrons. The molecule has 0 N–H and O–H groups in total. The van der Waals surface area contributed by atoms with Gasteiger partial charge in [0.1, 0.15) is 9.76 Å². The third-order valence-electron chi connectivity index (χ3n) is 3.81. The van der Waals surface area contributed by atoms with Crippen LogP contribution in [-0.4, -0.2) is 18.8 Å². The molecule has 1 rings (SSSR count). The monoisotopic (exact) mass is 271 g/mol. The van der Waals surface area contributed by atoms with Crippen molar-refractivity contribution in [2.75, 3.05) is 0 Å². The fraction of sp³-hybridized carbons (Fsp3) is 1.00. The molecule has 17 heavy (non-hydrogen) atoms. The Morgan fingerprint density at radius 3 is 2.00 bits per heavy atom. The molecule has 0 aromatic rings. The van der Waals surface area contributed by atoms with Crippen LogP contribution in [0, 0.1) is 0 Å². The van der Waals surface area contributed by atoms with E-state index in [4.69, 9.17) is 4.12 Å². The molecule has 1 radical (unpaired) electrons. The molecule has 1 aliphatic carbocycles. The van der Waals surface area contributed by atoms with E-state index >= 15 is 0 Å². The molecule has 0 aromatic heterocycles. The lowest BCUT2D eigenvalue weighted by Crippen LogP contribution is -2.22. The van der Waals surface area contributed by atoms with E-state index in [0.29, 0.717) is 0 Å². The van der Waals surface area contributed by atoms with Crippen LogP contribution >= 0.6 is 0 Å². The van der Waals surface area contributed by atoms with Crippen molar-refractivity contribution in [2.45, 2.75) is 89.3 Å². The Kier molecular flexibility index (Phi) is 9.39. The standard InChI is InChI=1S/C14H31OSi2/c1-3-12-17(13-4-2)15-16-14-10-8-6-5-7-9-11-14/h14H,3-13,16H2,1-2H3. The average molecular weight is 272 g/mol. The van der Waals surface area contributed by atoms with Gasteiger partial charge >= 0.3 is 0 Å². The highest BCUT2D eigenvalue weighted by Gasteiger charge is 2.16. The number of rotatable bonds is 7. The minimum atomic E-state index is -0.404. The molecular formula is C14H31OSi2. The zero-order valence-corrected chi connectivity index (χ0v) is 14.4. The van der Waals surface area contributed by atoms with Crippen molar-refractivity contribution in [2.24, 2.45) is 0 Å². The zero-order valence-electron chi connectivity index (χ0n) is 12.0. The van der Waals surface area contributed by atoms with E-state index in [1.54, 1.807) is 0 Å². The highest BCUT2D eigenvalue weighted by molar-refractivity contribution is 6.58. The second kappa shape index (κ2) is 10.3. The normalized spacial score (nSPS) is 19.9. The van der Waals surface area contributed by atoms with E-state index in [0.717, 1.165) is 5.54 Å². The first-order chi connectivity index (χ1) is 8.36. The molecule has 1 saturated carbocycles. The lowest BCUT2D eigenvalue weighted by atomic mass is 10.0. The first kappa shape index (κ1) is 15.5. The zero-order chi connectivity index (χ0) is 12.3. The molecule has 0 amide bonds. The summed E-state index contributed by atoms with van der Waals surface area (Å²) in [6, 6.07) is 2.77. The average Bonchev–Trinajstić information content (AvgIpc) is 2.28. The van der Waals surface area contributed by atoms with Gasteiger partial charge < -0.3 is 4.12 Å². The van der Waals surface area contributed by atoms with E-state index < -0.39 is 9.04 Å². The van der Waals surface area contributed by atoms with Crippen molar-refractivity contribution in [3.8, 4) is 0 Å². The highest BCUT2D eigenvalue weighted by atomic mass is 28.3. The molecule has 0 aromatic carbocycles. The Balaban J connectivity index is 2.20. The predicted octanol–water partition coefficient (Wildman–Crippen LogP) is 4.43. The van der Waals surface area contributed by atoms with Crippen LogP contribution in [0.3, 0.4) is 0 Å². The molecule has 1 fully saturated rings. The first-order valence-corrected chi connectivity index (χ1v) is 11.1. The molecule has 0 spiro atoms. The summed E-state index contributed by atoms with van der Waals surface area (Å²) >= 11 is 0. The Morgan fingerprint density at radius 2 is 1.47 bits per heavy atom. The Bertz CT molecular complexity index is 162. The van der Waals surface area contributed by atoms with E-state index in [9.17, 15) is 0 Å². The Hall–Kier alpha value is 0.394. The lowest BCUT2D eigenvalue weighted by Gasteiger charge is -2.22. The van der Waals surface area contributed by atoms with E-state index in [1.165, 1.54) is 69.9 Å². The van der Waals surface area contributed by atoms with Crippen LogP contribution in [0.4, 0.5) is 0 Å². The second-order valence-corrected chi connectivity index (χ2v) is 10.3. The summed E-state index contributed by atoms with van der Waals surface area (Å²) in [5, 5.41) is 0. The molecule has 0 bridgehead atoms. The summed E-state index contributed by atoms with van der Waals surface area (Å²) < 4.78 is 6.40. The molecule has 0 unspecified atom stereocenters. The SMILES string of the molecule is CCC[Si](CCC)O[SiH2]C1CCCCCCC1. The van der Waals surface area contributed by atoms with Gasteiger partial charge in [-0.1, -0.05) is 71.6 Å². The van der Waals surface area contributed by atoms with Gasteiger partial charge in [-0.25, -0.2) is 0 Å². The summed E-state index contributed by atoms with van der Waals surface area (Å²) in [4.78, 5) is 0. The van der Waals surface area contributed by atoms with Gasteiger partial charge in [-0.15, -0.1) is 0 Å². The van der Waals surface area contributed by atoms with Crippen molar-refractivity contribution >= 4 is 18.8 Å². The fourth-order valence-corrected chi connectivity index (χ4v) is 8.09.